The average molecular weight is 127 g/mol. The maximum atomic E-state index is 10.2. The van der Waals surface area contributed by atoms with E-state index in [2.05, 4.69) is 10.2 Å². The van der Waals surface area contributed by atoms with Gasteiger partial charge in [-0.2, -0.15) is 10.2 Å². The molecule has 0 radical (unpaired) electrons. The van der Waals surface area contributed by atoms with Crippen LogP contribution in [0.4, 0.5) is 0 Å². The molecular formula is C4H5N3O2. The Bertz CT molecular complexity index is 184. The normalized spacial score (nSPS) is 20.6. The quantitative estimate of drug-likeness (QED) is 0.465. The van der Waals surface area contributed by atoms with E-state index in [0.717, 1.165) is 12.4 Å². The van der Waals surface area contributed by atoms with Crippen molar-refractivity contribution in [1.29, 1.82) is 0 Å². The Kier molecular flexibility index (Phi) is 1.07. The van der Waals surface area contributed by atoms with Gasteiger partial charge in [0.15, 0.2) is 5.54 Å². The molecule has 0 aromatic rings. The van der Waals surface area contributed by atoms with Gasteiger partial charge in [0.05, 0.1) is 12.4 Å². The van der Waals surface area contributed by atoms with Gasteiger partial charge in [-0.15, -0.1) is 0 Å². The van der Waals surface area contributed by atoms with Crippen LogP contribution in [0, 0.1) is 0 Å². The summed E-state index contributed by atoms with van der Waals surface area (Å²) in [6.07, 6.45) is 2.16. The number of carboxylic acids is 1. The first-order valence-corrected chi connectivity index (χ1v) is 2.26. The molecule has 1 aliphatic heterocycles. The standard InChI is InChI=1S/C4H5N3O2/c5-4(3(8)9)1-6-7-2-4/h1-2H,5H2,(H,8,9). The zero-order chi connectivity index (χ0) is 6.91. The topological polar surface area (TPSA) is 88.0 Å². The van der Waals surface area contributed by atoms with E-state index in [1.165, 1.54) is 0 Å². The monoisotopic (exact) mass is 127 g/mol. The Morgan fingerprint density at radius 3 is 2.22 bits per heavy atom. The van der Waals surface area contributed by atoms with E-state index in [1.54, 1.807) is 0 Å². The highest BCUT2D eigenvalue weighted by atomic mass is 16.4. The molecule has 1 aliphatic rings. The lowest BCUT2D eigenvalue weighted by Gasteiger charge is -2.07. The number of nitrogens with two attached hydrogens (primary N) is 1. The molecule has 5 nitrogen and oxygen atoms in total. The molecule has 5 heteroatoms. The minimum absolute atomic E-state index is 1.08. The van der Waals surface area contributed by atoms with Crippen LogP contribution in [-0.4, -0.2) is 29.0 Å². The summed E-state index contributed by atoms with van der Waals surface area (Å²) in [4.78, 5) is 10.2. The lowest BCUT2D eigenvalue weighted by Crippen LogP contribution is -2.49. The van der Waals surface area contributed by atoms with Crippen molar-refractivity contribution >= 4 is 18.4 Å². The molecule has 1 heterocycles. The van der Waals surface area contributed by atoms with Crippen molar-refractivity contribution in [2.45, 2.75) is 5.54 Å². The molecule has 0 bridgehead atoms. The van der Waals surface area contributed by atoms with Crippen molar-refractivity contribution in [3.05, 3.63) is 0 Å². The van der Waals surface area contributed by atoms with Gasteiger partial charge < -0.3 is 10.8 Å². The molecule has 48 valence electrons. The average Bonchev–Trinajstić information content (AvgIpc) is 2.16. The Hall–Kier alpha value is -1.23. The van der Waals surface area contributed by atoms with Crippen LogP contribution >= 0.6 is 0 Å². The minimum Gasteiger partial charge on any atom is -0.479 e. The summed E-state index contributed by atoms with van der Waals surface area (Å²) >= 11 is 0. The zero-order valence-electron chi connectivity index (χ0n) is 4.48. The third-order valence-electron chi connectivity index (χ3n) is 0.980. The Morgan fingerprint density at radius 2 is 2.00 bits per heavy atom. The highest BCUT2D eigenvalue weighted by Crippen LogP contribution is 1.99. The lowest BCUT2D eigenvalue weighted by molar-refractivity contribution is -0.138. The van der Waals surface area contributed by atoms with Gasteiger partial charge in [-0.05, 0) is 0 Å². The Balaban J connectivity index is 2.88. The van der Waals surface area contributed by atoms with Gasteiger partial charge in [0.2, 0.25) is 0 Å². The van der Waals surface area contributed by atoms with E-state index in [9.17, 15) is 4.79 Å². The van der Waals surface area contributed by atoms with Crippen molar-refractivity contribution in [1.82, 2.24) is 0 Å². The Morgan fingerprint density at radius 1 is 1.56 bits per heavy atom. The van der Waals surface area contributed by atoms with Crippen LogP contribution in [0.2, 0.25) is 0 Å². The molecule has 0 spiro atoms. The molecule has 0 atom stereocenters. The van der Waals surface area contributed by atoms with Crippen LogP contribution in [0.15, 0.2) is 10.2 Å². The third kappa shape index (κ3) is 0.812. The van der Waals surface area contributed by atoms with Gasteiger partial charge >= 0.3 is 5.97 Å². The number of aliphatic carboxylic acids is 1. The second-order valence-corrected chi connectivity index (χ2v) is 1.73. The van der Waals surface area contributed by atoms with Gasteiger partial charge in [-0.25, -0.2) is 4.79 Å². The molecule has 0 aromatic heterocycles. The summed E-state index contributed by atoms with van der Waals surface area (Å²) in [6, 6.07) is 0. The van der Waals surface area contributed by atoms with E-state index < -0.39 is 11.5 Å². The highest BCUT2D eigenvalue weighted by molar-refractivity contribution is 6.17. The van der Waals surface area contributed by atoms with Gasteiger partial charge in [0.25, 0.3) is 0 Å². The predicted octanol–water partition coefficient (Wildman–Crippen LogP) is -1.16. The summed E-state index contributed by atoms with van der Waals surface area (Å²) < 4.78 is 0. The summed E-state index contributed by atoms with van der Waals surface area (Å²) in [7, 11) is 0. The Labute approximate surface area is 50.9 Å². The van der Waals surface area contributed by atoms with Gasteiger partial charge in [0.1, 0.15) is 0 Å². The van der Waals surface area contributed by atoms with Crippen LogP contribution < -0.4 is 5.73 Å². The number of carbonyl (C=O) groups is 1. The van der Waals surface area contributed by atoms with Crippen molar-refractivity contribution in [3.63, 3.8) is 0 Å². The highest BCUT2D eigenvalue weighted by Gasteiger charge is 2.32. The van der Waals surface area contributed by atoms with Gasteiger partial charge in [0, 0.05) is 0 Å². The number of rotatable bonds is 1. The smallest absolute Gasteiger partial charge is 0.335 e. The van der Waals surface area contributed by atoms with Crippen LogP contribution in [0.25, 0.3) is 0 Å². The first kappa shape index (κ1) is 5.90. The molecule has 0 amide bonds. The van der Waals surface area contributed by atoms with Gasteiger partial charge in [-0.3, -0.25) is 0 Å². The molecule has 0 saturated carbocycles. The van der Waals surface area contributed by atoms with E-state index in [0.29, 0.717) is 0 Å². The first-order chi connectivity index (χ1) is 4.15. The number of hydrogen-bond donors (Lipinski definition) is 2. The van der Waals surface area contributed by atoms with Crippen LogP contribution in [0.5, 0.6) is 0 Å². The van der Waals surface area contributed by atoms with E-state index >= 15 is 0 Å². The van der Waals surface area contributed by atoms with E-state index in [-0.39, 0.29) is 0 Å². The van der Waals surface area contributed by atoms with Crippen molar-refractivity contribution < 1.29 is 9.90 Å². The second-order valence-electron chi connectivity index (χ2n) is 1.73. The van der Waals surface area contributed by atoms with Crippen LogP contribution in [-0.2, 0) is 4.79 Å². The minimum atomic E-state index is -1.47. The number of carboxylic acid groups (broad SMARTS) is 1. The van der Waals surface area contributed by atoms with E-state index in [4.69, 9.17) is 10.8 Å². The molecule has 1 rings (SSSR count). The fourth-order valence-corrected chi connectivity index (χ4v) is 0.402. The molecule has 0 fully saturated rings. The maximum Gasteiger partial charge on any atom is 0.335 e. The SMILES string of the molecule is NC1(C(=O)O)C=NN=C1. The molecule has 0 aromatic carbocycles. The number of hydrogen-bond acceptors (Lipinski definition) is 4. The largest absolute Gasteiger partial charge is 0.479 e. The zero-order valence-corrected chi connectivity index (χ0v) is 4.48. The summed E-state index contributed by atoms with van der Waals surface area (Å²) in [5.41, 5.74) is 3.73. The fraction of sp³-hybridized carbons (Fsp3) is 0.250. The summed E-state index contributed by atoms with van der Waals surface area (Å²) in [5, 5.41) is 15.0. The summed E-state index contributed by atoms with van der Waals surface area (Å²) in [5.74, 6) is -1.15. The fourth-order valence-electron chi connectivity index (χ4n) is 0.402. The molecular weight excluding hydrogens is 122 g/mol. The second kappa shape index (κ2) is 1.63. The van der Waals surface area contributed by atoms with E-state index in [1.807, 2.05) is 0 Å². The van der Waals surface area contributed by atoms with Crippen LogP contribution in [0.1, 0.15) is 0 Å². The third-order valence-corrected chi connectivity index (χ3v) is 0.980. The first-order valence-electron chi connectivity index (χ1n) is 2.26. The molecule has 0 unspecified atom stereocenters. The molecule has 3 N–H and O–H groups in total. The van der Waals surface area contributed by atoms with Gasteiger partial charge in [-0.1, -0.05) is 0 Å². The molecule has 9 heavy (non-hydrogen) atoms. The molecule has 0 aliphatic carbocycles. The maximum absolute atomic E-state index is 10.2. The summed E-state index contributed by atoms with van der Waals surface area (Å²) in [6.45, 7) is 0. The number of nitrogens with zero attached hydrogens (tertiary/aromatic N) is 2. The van der Waals surface area contributed by atoms with Crippen molar-refractivity contribution in [2.75, 3.05) is 0 Å². The predicted molar refractivity (Wildman–Crippen MR) is 31.5 cm³/mol. The van der Waals surface area contributed by atoms with Crippen molar-refractivity contribution in [3.8, 4) is 0 Å². The van der Waals surface area contributed by atoms with Crippen molar-refractivity contribution in [2.24, 2.45) is 15.9 Å². The van der Waals surface area contributed by atoms with Crippen LogP contribution in [0.3, 0.4) is 0 Å². The molecule has 0 saturated heterocycles. The lowest BCUT2D eigenvalue weighted by atomic mass is 10.1.